The monoisotopic (exact) mass is 477 g/mol. The molecule has 0 radical (unpaired) electrons. The fraction of sp³-hybridized carbons (Fsp3) is 0.650. The number of rotatable bonds is 8. The summed E-state index contributed by atoms with van der Waals surface area (Å²) < 4.78 is 56.3. The number of halogens is 1. The zero-order valence-corrected chi connectivity index (χ0v) is 20.6. The molecule has 1 aliphatic rings. The van der Waals surface area contributed by atoms with Crippen molar-refractivity contribution in [2.24, 2.45) is 21.6 Å². The van der Waals surface area contributed by atoms with Crippen LogP contribution in [-0.2, 0) is 26.6 Å². The predicted octanol–water partition coefficient (Wildman–Crippen LogP) is 3.50. The van der Waals surface area contributed by atoms with Gasteiger partial charge in [-0.15, -0.1) is 4.40 Å². The van der Waals surface area contributed by atoms with Gasteiger partial charge in [-0.1, -0.05) is 38.4 Å². The molecule has 2 atom stereocenters. The largest absolute Gasteiger partial charge is 0.368 e. The predicted molar refractivity (Wildman–Crippen MR) is 122 cm³/mol. The van der Waals surface area contributed by atoms with E-state index in [9.17, 15) is 16.8 Å². The summed E-state index contributed by atoms with van der Waals surface area (Å²) in [5, 5.41) is 0.0379. The van der Waals surface area contributed by atoms with E-state index in [4.69, 9.17) is 11.6 Å². The summed E-state index contributed by atoms with van der Waals surface area (Å²) in [5.74, 6) is 0.690. The minimum atomic E-state index is -3.99. The van der Waals surface area contributed by atoms with E-state index in [0.29, 0.717) is 11.5 Å². The maximum Gasteiger partial charge on any atom is 0.285 e. The van der Waals surface area contributed by atoms with Gasteiger partial charge in [-0.05, 0) is 54.2 Å². The van der Waals surface area contributed by atoms with Crippen LogP contribution in [0.5, 0.6) is 0 Å². The van der Waals surface area contributed by atoms with Gasteiger partial charge in [-0.2, -0.15) is 8.42 Å². The summed E-state index contributed by atoms with van der Waals surface area (Å²) in [4.78, 5) is 1.35. The van der Waals surface area contributed by atoms with Crippen molar-refractivity contribution in [3.63, 3.8) is 0 Å². The molecular formula is C20H32ClN3O4S2. The Morgan fingerprint density at radius 3 is 2.50 bits per heavy atom. The Kier molecular flexibility index (Phi) is 7.99. The third-order valence-electron chi connectivity index (χ3n) is 5.12. The smallest absolute Gasteiger partial charge is 0.285 e. The second kappa shape index (κ2) is 9.54. The maximum atomic E-state index is 12.6. The molecule has 1 aromatic carbocycles. The zero-order valence-electron chi connectivity index (χ0n) is 18.2. The third-order valence-corrected chi connectivity index (χ3v) is 8.32. The van der Waals surface area contributed by atoms with Gasteiger partial charge in [-0.3, -0.25) is 0 Å². The van der Waals surface area contributed by atoms with Crippen LogP contribution in [0.3, 0.4) is 0 Å². The average molecular weight is 478 g/mol. The summed E-state index contributed by atoms with van der Waals surface area (Å²) in [6.45, 7) is 6.53. The van der Waals surface area contributed by atoms with Crippen LogP contribution in [0.4, 0.5) is 0 Å². The average Bonchev–Trinajstić information content (AvgIpc) is 2.57. The molecule has 2 unspecified atom stereocenters. The lowest BCUT2D eigenvalue weighted by Gasteiger charge is -2.38. The van der Waals surface area contributed by atoms with Crippen molar-refractivity contribution in [1.29, 1.82) is 0 Å². The Balaban J connectivity index is 2.10. The lowest BCUT2D eigenvalue weighted by molar-refractivity contribution is 0.144. The van der Waals surface area contributed by atoms with Crippen molar-refractivity contribution < 1.29 is 16.8 Å². The van der Waals surface area contributed by atoms with Gasteiger partial charge in [0.15, 0.2) is 0 Å². The molecule has 0 bridgehead atoms. The summed E-state index contributed by atoms with van der Waals surface area (Å²) >= 11 is 6.05. The second-order valence-electron chi connectivity index (χ2n) is 9.31. The lowest BCUT2D eigenvalue weighted by atomic mass is 9.68. The van der Waals surface area contributed by atoms with Crippen molar-refractivity contribution in [2.45, 2.75) is 51.5 Å². The second-order valence-corrected chi connectivity index (χ2v) is 13.2. The molecule has 10 heteroatoms. The van der Waals surface area contributed by atoms with Crippen molar-refractivity contribution in [3.05, 3.63) is 28.8 Å². The summed E-state index contributed by atoms with van der Waals surface area (Å²) in [5.41, 5.74) is 0.642. The Morgan fingerprint density at radius 2 is 1.90 bits per heavy atom. The Morgan fingerprint density at radius 1 is 1.23 bits per heavy atom. The van der Waals surface area contributed by atoms with Gasteiger partial charge in [0.05, 0.1) is 10.8 Å². The van der Waals surface area contributed by atoms with E-state index in [-0.39, 0.29) is 33.5 Å². The molecule has 0 amide bonds. The standard InChI is InChI=1S/C20H32ClN3O4S2/c1-15-8-17(11-20(2,3)10-15)13-29(25,26)22-12-16-6-7-18(21)19(9-16)30(27,28)23-14-24(4)5/h6-7,9,14-15,17,22H,8,10-13H2,1-5H3. The van der Waals surface area contributed by atoms with Crippen LogP contribution in [0.2, 0.25) is 5.02 Å². The van der Waals surface area contributed by atoms with E-state index in [0.717, 1.165) is 19.3 Å². The number of nitrogens with one attached hydrogen (secondary N) is 1. The third kappa shape index (κ3) is 7.51. The van der Waals surface area contributed by atoms with Gasteiger partial charge in [0.2, 0.25) is 10.0 Å². The maximum absolute atomic E-state index is 12.6. The molecule has 0 saturated heterocycles. The Bertz CT molecular complexity index is 989. The van der Waals surface area contributed by atoms with E-state index >= 15 is 0 Å². The van der Waals surface area contributed by atoms with Crippen LogP contribution >= 0.6 is 11.6 Å². The minimum absolute atomic E-state index is 0.00885. The fourth-order valence-corrected chi connectivity index (χ4v) is 7.13. The molecule has 1 aliphatic carbocycles. The van der Waals surface area contributed by atoms with Gasteiger partial charge >= 0.3 is 0 Å². The lowest BCUT2D eigenvalue weighted by Crippen LogP contribution is -2.35. The summed E-state index contributed by atoms with van der Waals surface area (Å²) in [7, 11) is -4.18. The normalized spacial score (nSPS) is 22.3. The zero-order chi connectivity index (χ0) is 22.7. The topological polar surface area (TPSA) is 95.9 Å². The van der Waals surface area contributed by atoms with Gasteiger partial charge in [0, 0.05) is 20.6 Å². The van der Waals surface area contributed by atoms with Gasteiger partial charge in [0.25, 0.3) is 10.0 Å². The molecule has 0 spiro atoms. The Labute approximate surface area is 186 Å². The molecule has 1 fully saturated rings. The number of hydrogen-bond donors (Lipinski definition) is 1. The van der Waals surface area contributed by atoms with Crippen molar-refractivity contribution >= 4 is 38.0 Å². The SMILES string of the molecule is CC1CC(CS(=O)(=O)NCc2ccc(Cl)c(S(=O)(=O)N=CN(C)C)c2)CC(C)(C)C1. The molecular weight excluding hydrogens is 446 g/mol. The number of sulfonamides is 2. The van der Waals surface area contributed by atoms with E-state index in [2.05, 4.69) is 29.9 Å². The van der Waals surface area contributed by atoms with Gasteiger partial charge < -0.3 is 4.90 Å². The first-order chi connectivity index (χ1) is 13.7. The highest BCUT2D eigenvalue weighted by Gasteiger charge is 2.34. The number of benzene rings is 1. The van der Waals surface area contributed by atoms with Crippen LogP contribution < -0.4 is 4.72 Å². The van der Waals surface area contributed by atoms with E-state index in [1.165, 1.54) is 23.4 Å². The van der Waals surface area contributed by atoms with Crippen molar-refractivity contribution in [3.8, 4) is 0 Å². The van der Waals surface area contributed by atoms with Crippen LogP contribution in [0.25, 0.3) is 0 Å². The first-order valence-corrected chi connectivity index (χ1v) is 13.4. The number of hydrogen-bond acceptors (Lipinski definition) is 4. The molecule has 2 rings (SSSR count). The molecule has 0 aromatic heterocycles. The van der Waals surface area contributed by atoms with E-state index in [1.807, 2.05) is 0 Å². The first-order valence-electron chi connectivity index (χ1n) is 9.92. The van der Waals surface area contributed by atoms with Gasteiger partial charge in [0.1, 0.15) is 11.2 Å². The first kappa shape index (κ1) is 25.1. The highest BCUT2D eigenvalue weighted by atomic mass is 35.5. The molecule has 30 heavy (non-hydrogen) atoms. The molecule has 1 aromatic rings. The highest BCUT2D eigenvalue weighted by molar-refractivity contribution is 7.90. The molecule has 0 aliphatic heterocycles. The minimum Gasteiger partial charge on any atom is -0.368 e. The van der Waals surface area contributed by atoms with Gasteiger partial charge in [-0.25, -0.2) is 13.1 Å². The Hall–Kier alpha value is -1.16. The highest BCUT2D eigenvalue weighted by Crippen LogP contribution is 2.42. The fourth-order valence-electron chi connectivity index (χ4n) is 4.30. The van der Waals surface area contributed by atoms with Crippen molar-refractivity contribution in [2.75, 3.05) is 19.8 Å². The van der Waals surface area contributed by atoms with Crippen LogP contribution in [0, 0.1) is 17.3 Å². The van der Waals surface area contributed by atoms with Crippen LogP contribution in [0.1, 0.15) is 45.6 Å². The quantitative estimate of drug-likeness (QED) is 0.456. The molecule has 1 saturated carbocycles. The summed E-state index contributed by atoms with van der Waals surface area (Å²) in [6, 6.07) is 4.40. The van der Waals surface area contributed by atoms with Crippen LogP contribution in [-0.4, -0.2) is 47.9 Å². The number of nitrogens with zero attached hydrogens (tertiary/aromatic N) is 2. The van der Waals surface area contributed by atoms with E-state index in [1.54, 1.807) is 20.2 Å². The van der Waals surface area contributed by atoms with Crippen LogP contribution in [0.15, 0.2) is 27.5 Å². The van der Waals surface area contributed by atoms with Crippen molar-refractivity contribution in [1.82, 2.24) is 9.62 Å². The summed E-state index contributed by atoms with van der Waals surface area (Å²) in [6.07, 6.45) is 4.06. The molecule has 1 N–H and O–H groups in total. The molecule has 7 nitrogen and oxygen atoms in total. The molecule has 0 heterocycles. The molecule has 170 valence electrons. The van der Waals surface area contributed by atoms with E-state index < -0.39 is 20.0 Å².